The van der Waals surface area contributed by atoms with E-state index in [1.54, 1.807) is 29.7 Å². The summed E-state index contributed by atoms with van der Waals surface area (Å²) >= 11 is 0. The third-order valence-corrected chi connectivity index (χ3v) is 1.58. The van der Waals surface area contributed by atoms with Crippen molar-refractivity contribution < 1.29 is 23.1 Å². The van der Waals surface area contributed by atoms with Crippen LogP contribution in [0.25, 0.3) is 0 Å². The van der Waals surface area contributed by atoms with Crippen molar-refractivity contribution in [3.63, 3.8) is 0 Å². The Bertz CT molecular complexity index is 319. The molecule has 0 saturated carbocycles. The van der Waals surface area contributed by atoms with Crippen LogP contribution < -0.4 is 5.48 Å². The summed E-state index contributed by atoms with van der Waals surface area (Å²) < 4.78 is 27.9. The van der Waals surface area contributed by atoms with E-state index < -0.39 is 19.1 Å². The summed E-state index contributed by atoms with van der Waals surface area (Å²) in [6, 6.07) is 8.96. The predicted octanol–water partition coefficient (Wildman–Crippen LogP) is 2.11. The number of carbonyl (C=O) groups excluding carboxylic acids is 1. The molecule has 0 saturated heterocycles. The van der Waals surface area contributed by atoms with Gasteiger partial charge in [0.05, 0.1) is 0 Å². The number of benzene rings is 1. The lowest BCUT2D eigenvalue weighted by Crippen LogP contribution is -2.26. The van der Waals surface area contributed by atoms with Crippen LogP contribution in [0.4, 0.5) is 13.6 Å². The molecule has 16 heavy (non-hydrogen) atoms. The maximum absolute atomic E-state index is 11.6. The molecule has 1 aromatic carbocycles. The number of amides is 1. The largest absolute Gasteiger partial charge is 0.443 e. The maximum atomic E-state index is 11.6. The van der Waals surface area contributed by atoms with Crippen LogP contribution in [0.15, 0.2) is 30.3 Å². The van der Waals surface area contributed by atoms with Crippen molar-refractivity contribution in [3.8, 4) is 0 Å². The molecule has 0 aromatic heterocycles. The van der Waals surface area contributed by atoms with E-state index in [2.05, 4.69) is 9.57 Å². The molecule has 1 N–H and O–H groups in total. The minimum Gasteiger partial charge on any atom is -0.443 e. The van der Waals surface area contributed by atoms with Gasteiger partial charge in [-0.25, -0.2) is 13.6 Å². The third kappa shape index (κ3) is 5.26. The molecule has 1 amide bonds. The van der Waals surface area contributed by atoms with Gasteiger partial charge < -0.3 is 4.74 Å². The summed E-state index contributed by atoms with van der Waals surface area (Å²) in [5.41, 5.74) is 2.54. The normalized spacial score (nSPS) is 10.2. The minimum absolute atomic E-state index is 0.0602. The van der Waals surface area contributed by atoms with Gasteiger partial charge in [-0.3, -0.25) is 4.84 Å². The number of halogens is 2. The van der Waals surface area contributed by atoms with Crippen LogP contribution in [0.2, 0.25) is 0 Å². The first-order chi connectivity index (χ1) is 7.68. The maximum Gasteiger partial charge on any atom is 0.431 e. The van der Waals surface area contributed by atoms with E-state index in [0.717, 1.165) is 5.56 Å². The average molecular weight is 231 g/mol. The highest BCUT2D eigenvalue weighted by atomic mass is 19.3. The molecule has 0 spiro atoms. The van der Waals surface area contributed by atoms with E-state index in [4.69, 9.17) is 0 Å². The zero-order chi connectivity index (χ0) is 11.8. The Morgan fingerprint density at radius 3 is 2.62 bits per heavy atom. The van der Waals surface area contributed by atoms with Gasteiger partial charge in [0.1, 0.15) is 13.2 Å². The fourth-order valence-corrected chi connectivity index (χ4v) is 0.916. The van der Waals surface area contributed by atoms with Crippen molar-refractivity contribution in [1.29, 1.82) is 0 Å². The monoisotopic (exact) mass is 231 g/mol. The molecule has 4 nitrogen and oxygen atoms in total. The second-order valence-corrected chi connectivity index (χ2v) is 2.87. The number of nitrogens with one attached hydrogen (secondary N) is 1. The first-order valence-electron chi connectivity index (χ1n) is 4.55. The van der Waals surface area contributed by atoms with Crippen LogP contribution in [-0.4, -0.2) is 19.1 Å². The Hall–Kier alpha value is -1.69. The Morgan fingerprint density at radius 1 is 1.31 bits per heavy atom. The fourth-order valence-electron chi connectivity index (χ4n) is 0.916. The number of ether oxygens (including phenoxy) is 1. The molecular weight excluding hydrogens is 220 g/mol. The zero-order valence-corrected chi connectivity index (χ0v) is 8.36. The molecule has 0 radical (unpaired) electrons. The molecule has 0 unspecified atom stereocenters. The van der Waals surface area contributed by atoms with Crippen LogP contribution in [0.3, 0.4) is 0 Å². The summed E-state index contributed by atoms with van der Waals surface area (Å²) in [4.78, 5) is 15.1. The molecule has 0 aliphatic carbocycles. The van der Waals surface area contributed by atoms with E-state index in [1.807, 2.05) is 6.07 Å². The molecular formula is C10H11F2NO3. The lowest BCUT2D eigenvalue weighted by molar-refractivity contribution is -0.0321. The lowest BCUT2D eigenvalue weighted by atomic mass is 10.2. The fraction of sp³-hybridized carbons (Fsp3) is 0.300. The van der Waals surface area contributed by atoms with Crippen molar-refractivity contribution in [2.24, 2.45) is 0 Å². The number of hydroxylamine groups is 1. The van der Waals surface area contributed by atoms with Gasteiger partial charge in [-0.05, 0) is 5.56 Å². The standard InChI is InChI=1S/C10H11F2NO3/c11-9(12)7-16-13-10(14)15-6-8-4-2-1-3-5-8/h1-5,9H,6-7H2,(H,13,14). The van der Waals surface area contributed by atoms with Crippen molar-refractivity contribution in [2.45, 2.75) is 13.0 Å². The van der Waals surface area contributed by atoms with Crippen molar-refractivity contribution >= 4 is 6.09 Å². The highest BCUT2D eigenvalue weighted by Crippen LogP contribution is 2.00. The Morgan fingerprint density at radius 2 is 2.00 bits per heavy atom. The summed E-state index contributed by atoms with van der Waals surface area (Å²) in [5, 5.41) is 0. The Labute approximate surface area is 91.1 Å². The molecule has 0 bridgehead atoms. The van der Waals surface area contributed by atoms with E-state index in [9.17, 15) is 13.6 Å². The molecule has 1 rings (SSSR count). The van der Waals surface area contributed by atoms with Gasteiger partial charge in [-0.2, -0.15) is 5.48 Å². The van der Waals surface area contributed by atoms with E-state index >= 15 is 0 Å². The SMILES string of the molecule is O=C(NOCC(F)F)OCc1ccccc1. The molecule has 0 atom stereocenters. The quantitative estimate of drug-likeness (QED) is 0.789. The van der Waals surface area contributed by atoms with E-state index in [0.29, 0.717) is 0 Å². The summed E-state index contributed by atoms with van der Waals surface area (Å²) in [5.74, 6) is 0. The zero-order valence-electron chi connectivity index (χ0n) is 8.36. The minimum atomic E-state index is -2.63. The second kappa shape index (κ2) is 6.73. The second-order valence-electron chi connectivity index (χ2n) is 2.87. The van der Waals surface area contributed by atoms with Gasteiger partial charge in [0, 0.05) is 0 Å². The van der Waals surface area contributed by atoms with Gasteiger partial charge >= 0.3 is 6.09 Å². The van der Waals surface area contributed by atoms with Crippen molar-refractivity contribution in [1.82, 2.24) is 5.48 Å². The first-order valence-corrected chi connectivity index (χ1v) is 4.55. The van der Waals surface area contributed by atoms with Gasteiger partial charge in [0.2, 0.25) is 0 Å². The molecule has 0 aliphatic heterocycles. The Balaban J connectivity index is 2.16. The number of hydrogen-bond acceptors (Lipinski definition) is 3. The highest BCUT2D eigenvalue weighted by molar-refractivity contribution is 5.65. The van der Waals surface area contributed by atoms with Gasteiger partial charge in [0.15, 0.2) is 0 Å². The first kappa shape index (κ1) is 12.4. The molecule has 88 valence electrons. The van der Waals surface area contributed by atoms with Gasteiger partial charge in [-0.15, -0.1) is 0 Å². The highest BCUT2D eigenvalue weighted by Gasteiger charge is 2.06. The topological polar surface area (TPSA) is 47.6 Å². The van der Waals surface area contributed by atoms with Crippen molar-refractivity contribution in [2.75, 3.05) is 6.61 Å². The molecule has 0 aliphatic rings. The number of alkyl halides is 2. The third-order valence-electron chi connectivity index (χ3n) is 1.58. The number of carbonyl (C=O) groups is 1. The average Bonchev–Trinajstić information content (AvgIpc) is 2.27. The van der Waals surface area contributed by atoms with Crippen molar-refractivity contribution in [3.05, 3.63) is 35.9 Å². The van der Waals surface area contributed by atoms with Gasteiger partial charge in [-0.1, -0.05) is 30.3 Å². The van der Waals surface area contributed by atoms with Crippen LogP contribution in [0.5, 0.6) is 0 Å². The smallest absolute Gasteiger partial charge is 0.431 e. The Kier molecular flexibility index (Phi) is 5.21. The molecule has 0 fully saturated rings. The summed E-state index contributed by atoms with van der Waals surface area (Å²) in [7, 11) is 0. The number of rotatable bonds is 5. The molecule has 0 heterocycles. The van der Waals surface area contributed by atoms with Crippen LogP contribution in [0.1, 0.15) is 5.56 Å². The summed E-state index contributed by atoms with van der Waals surface area (Å²) in [6.45, 7) is -0.800. The summed E-state index contributed by atoms with van der Waals surface area (Å²) in [6.07, 6.45) is -3.53. The van der Waals surface area contributed by atoms with Crippen LogP contribution in [-0.2, 0) is 16.2 Å². The molecule has 6 heteroatoms. The number of hydrogen-bond donors (Lipinski definition) is 1. The van der Waals surface area contributed by atoms with E-state index in [1.165, 1.54) is 0 Å². The van der Waals surface area contributed by atoms with Crippen LogP contribution in [0, 0.1) is 0 Å². The predicted molar refractivity (Wildman–Crippen MR) is 51.7 cm³/mol. The van der Waals surface area contributed by atoms with E-state index in [-0.39, 0.29) is 6.61 Å². The lowest BCUT2D eigenvalue weighted by Gasteiger charge is -2.06. The molecule has 1 aromatic rings. The van der Waals surface area contributed by atoms with Crippen LogP contribution >= 0.6 is 0 Å². The van der Waals surface area contributed by atoms with Gasteiger partial charge in [0.25, 0.3) is 6.43 Å².